The summed E-state index contributed by atoms with van der Waals surface area (Å²) < 4.78 is 16.9. The van der Waals surface area contributed by atoms with Gasteiger partial charge >= 0.3 is 17.9 Å². The van der Waals surface area contributed by atoms with E-state index in [9.17, 15) is 14.4 Å². The van der Waals surface area contributed by atoms with Crippen molar-refractivity contribution in [3.8, 4) is 0 Å². The maximum absolute atomic E-state index is 12.9. The number of rotatable bonds is 58. The summed E-state index contributed by atoms with van der Waals surface area (Å²) in [5.74, 6) is -0.948. The summed E-state index contributed by atoms with van der Waals surface area (Å²) in [6.07, 6.45) is 98.1. The van der Waals surface area contributed by atoms with Gasteiger partial charge < -0.3 is 14.2 Å². The number of hydrogen-bond donors (Lipinski definition) is 0. The summed E-state index contributed by atoms with van der Waals surface area (Å²) in [6, 6.07) is 0. The van der Waals surface area contributed by atoms with Crippen LogP contribution in [-0.4, -0.2) is 37.2 Å². The first kappa shape index (κ1) is 76.0. The molecule has 0 fully saturated rings. The molecule has 0 aromatic heterocycles. The van der Waals surface area contributed by atoms with E-state index in [0.717, 1.165) is 173 Å². The highest BCUT2D eigenvalue weighted by Crippen LogP contribution is 2.15. The monoisotopic (exact) mass is 1120 g/mol. The van der Waals surface area contributed by atoms with Crippen molar-refractivity contribution in [2.75, 3.05) is 13.2 Å². The van der Waals surface area contributed by atoms with Gasteiger partial charge in [0.1, 0.15) is 13.2 Å². The summed E-state index contributed by atoms with van der Waals surface area (Å²) in [4.78, 5) is 38.4. The zero-order valence-electron chi connectivity index (χ0n) is 52.2. The zero-order chi connectivity index (χ0) is 58.5. The molecule has 1 atom stereocenters. The van der Waals surface area contributed by atoms with Gasteiger partial charge in [-0.2, -0.15) is 0 Å². The summed E-state index contributed by atoms with van der Waals surface area (Å²) in [7, 11) is 0. The van der Waals surface area contributed by atoms with Gasteiger partial charge in [0.15, 0.2) is 6.10 Å². The van der Waals surface area contributed by atoms with Crippen LogP contribution in [0.5, 0.6) is 0 Å². The molecule has 81 heavy (non-hydrogen) atoms. The van der Waals surface area contributed by atoms with Crippen LogP contribution in [0.4, 0.5) is 0 Å². The van der Waals surface area contributed by atoms with E-state index in [1.165, 1.54) is 64.2 Å². The maximum atomic E-state index is 12.9. The Morgan fingerprint density at radius 3 is 0.753 bits per heavy atom. The first-order valence-electron chi connectivity index (χ1n) is 33.0. The number of carbonyl (C=O) groups is 3. The number of esters is 3. The van der Waals surface area contributed by atoms with Crippen LogP contribution in [0.1, 0.15) is 278 Å². The summed E-state index contributed by atoms with van der Waals surface area (Å²) >= 11 is 0. The molecule has 0 aliphatic heterocycles. The molecule has 0 radical (unpaired) electrons. The molecule has 1 unspecified atom stereocenters. The minimum atomic E-state index is -0.810. The van der Waals surface area contributed by atoms with Crippen molar-refractivity contribution in [3.63, 3.8) is 0 Å². The van der Waals surface area contributed by atoms with Gasteiger partial charge in [0.25, 0.3) is 0 Å². The predicted molar refractivity (Wildman–Crippen MR) is 352 cm³/mol. The quantitative estimate of drug-likeness (QED) is 0.0261. The van der Waals surface area contributed by atoms with E-state index in [2.05, 4.69) is 179 Å². The van der Waals surface area contributed by atoms with E-state index >= 15 is 0 Å². The molecule has 0 spiro atoms. The minimum Gasteiger partial charge on any atom is -0.462 e. The molecule has 0 aliphatic rings. The molecule has 456 valence electrons. The molecular weight excluding hydrogens is 997 g/mol. The Morgan fingerprint density at radius 1 is 0.259 bits per heavy atom. The number of allylic oxidation sites excluding steroid dienone is 26. The molecule has 0 amide bonds. The van der Waals surface area contributed by atoms with Crippen LogP contribution in [0.2, 0.25) is 0 Å². The normalized spacial score (nSPS) is 13.2. The highest BCUT2D eigenvalue weighted by molar-refractivity contribution is 5.71. The van der Waals surface area contributed by atoms with E-state index < -0.39 is 6.10 Å². The van der Waals surface area contributed by atoms with Crippen LogP contribution in [0.25, 0.3) is 0 Å². The van der Waals surface area contributed by atoms with E-state index in [1.54, 1.807) is 0 Å². The second kappa shape index (κ2) is 67.5. The molecule has 0 aromatic carbocycles. The second-order valence-electron chi connectivity index (χ2n) is 21.3. The average molecular weight is 1120 g/mol. The van der Waals surface area contributed by atoms with E-state index in [1.807, 2.05) is 0 Å². The van der Waals surface area contributed by atoms with Gasteiger partial charge in [-0.15, -0.1) is 0 Å². The lowest BCUT2D eigenvalue weighted by Gasteiger charge is -2.18. The summed E-state index contributed by atoms with van der Waals surface area (Å²) in [6.45, 7) is 6.35. The molecule has 0 saturated heterocycles. The zero-order valence-corrected chi connectivity index (χ0v) is 52.2. The average Bonchev–Trinajstić information content (AvgIpc) is 3.47. The molecule has 0 heterocycles. The largest absolute Gasteiger partial charge is 0.462 e. The highest BCUT2D eigenvalue weighted by Gasteiger charge is 2.19. The third-order valence-corrected chi connectivity index (χ3v) is 13.5. The topological polar surface area (TPSA) is 78.9 Å². The Balaban J connectivity index is 4.47. The Labute approximate surface area is 499 Å². The molecule has 0 saturated carbocycles. The van der Waals surface area contributed by atoms with Crippen molar-refractivity contribution < 1.29 is 28.6 Å². The van der Waals surface area contributed by atoms with Crippen LogP contribution in [0, 0.1) is 0 Å². The lowest BCUT2D eigenvalue weighted by Crippen LogP contribution is -2.30. The van der Waals surface area contributed by atoms with Crippen LogP contribution in [-0.2, 0) is 28.6 Å². The Kier molecular flexibility index (Phi) is 63.4. The maximum Gasteiger partial charge on any atom is 0.306 e. The standard InChI is InChI=1S/C75H120O6/c1-4-7-10-13-16-19-22-25-28-30-32-34-36-37-39-40-42-44-47-50-53-56-59-62-65-68-74(77)80-71-72(70-79-73(76)67-64-61-58-55-52-49-46-27-24-21-18-15-12-9-6-3)81-75(78)69-66-63-60-57-54-51-48-45-43-41-38-35-33-31-29-26-23-20-17-14-11-8-5-2/h7-8,10-11,16-21,25-29,32-35,37,39,41,43,46,48,51,72H,4-6,9,12-15,22-24,30-31,36,38,40,42,44-45,47,49-50,52-71H2,1-3H3/b10-7-,11-8-,19-16-,20-17-,21-18-,28-25-,29-26-,34-32-,35-33-,39-37-,43-41-,46-27-,51-48-. The van der Waals surface area contributed by atoms with E-state index in [-0.39, 0.29) is 37.5 Å². The fourth-order valence-corrected chi connectivity index (χ4v) is 8.62. The third kappa shape index (κ3) is 65.7. The first-order chi connectivity index (χ1) is 40.0. The van der Waals surface area contributed by atoms with Crippen molar-refractivity contribution in [2.45, 2.75) is 284 Å². The van der Waals surface area contributed by atoms with Crippen molar-refractivity contribution in [3.05, 3.63) is 158 Å². The van der Waals surface area contributed by atoms with Gasteiger partial charge in [0, 0.05) is 19.3 Å². The van der Waals surface area contributed by atoms with Gasteiger partial charge in [-0.3, -0.25) is 14.4 Å². The van der Waals surface area contributed by atoms with Gasteiger partial charge in [0.05, 0.1) is 0 Å². The van der Waals surface area contributed by atoms with Gasteiger partial charge in [-0.05, 0) is 148 Å². The summed E-state index contributed by atoms with van der Waals surface area (Å²) in [5, 5.41) is 0. The smallest absolute Gasteiger partial charge is 0.306 e. The molecule has 0 aliphatic carbocycles. The second-order valence-corrected chi connectivity index (χ2v) is 21.3. The summed E-state index contributed by atoms with van der Waals surface area (Å²) in [5.41, 5.74) is 0. The molecule has 0 rings (SSSR count). The van der Waals surface area contributed by atoms with Crippen LogP contribution in [0.3, 0.4) is 0 Å². The van der Waals surface area contributed by atoms with Crippen LogP contribution in [0.15, 0.2) is 158 Å². The van der Waals surface area contributed by atoms with Crippen molar-refractivity contribution in [1.82, 2.24) is 0 Å². The van der Waals surface area contributed by atoms with Crippen molar-refractivity contribution in [2.24, 2.45) is 0 Å². The Hall–Kier alpha value is -4.97. The Morgan fingerprint density at radius 2 is 0.481 bits per heavy atom. The van der Waals surface area contributed by atoms with E-state index in [4.69, 9.17) is 14.2 Å². The number of unbranched alkanes of at least 4 members (excludes halogenated alkanes) is 21. The van der Waals surface area contributed by atoms with Gasteiger partial charge in [-0.25, -0.2) is 0 Å². The molecule has 6 heteroatoms. The molecule has 0 bridgehead atoms. The van der Waals surface area contributed by atoms with Crippen LogP contribution < -0.4 is 0 Å². The highest BCUT2D eigenvalue weighted by atomic mass is 16.6. The minimum absolute atomic E-state index is 0.103. The van der Waals surface area contributed by atoms with E-state index in [0.29, 0.717) is 12.8 Å². The molecule has 0 N–H and O–H groups in total. The Bertz CT molecular complexity index is 1810. The number of carbonyl (C=O) groups excluding carboxylic acids is 3. The van der Waals surface area contributed by atoms with Gasteiger partial charge in [-0.1, -0.05) is 269 Å². The molecular formula is C75H120O6. The first-order valence-corrected chi connectivity index (χ1v) is 33.0. The lowest BCUT2D eigenvalue weighted by molar-refractivity contribution is -0.167. The van der Waals surface area contributed by atoms with Crippen LogP contribution >= 0.6 is 0 Å². The fourth-order valence-electron chi connectivity index (χ4n) is 8.62. The number of hydrogen-bond acceptors (Lipinski definition) is 6. The van der Waals surface area contributed by atoms with Crippen molar-refractivity contribution >= 4 is 17.9 Å². The van der Waals surface area contributed by atoms with Gasteiger partial charge in [0.2, 0.25) is 0 Å². The fraction of sp³-hybridized carbons (Fsp3) is 0.613. The predicted octanol–water partition coefficient (Wildman–Crippen LogP) is 22.9. The van der Waals surface area contributed by atoms with Crippen molar-refractivity contribution in [1.29, 1.82) is 0 Å². The SMILES string of the molecule is CC/C=C\C/C=C\C/C=C\C/C=C\C/C=C\C/C=C\CCCCCCC(=O)OC(COC(=O)CCCCCCC/C=C\C/C=C\CCCCC)COC(=O)CCCCCCCCCCC/C=C\C/C=C\C/C=C\C/C=C\C/C=C\CC. The number of ether oxygens (including phenoxy) is 3. The molecule has 0 aromatic rings. The molecule has 6 nitrogen and oxygen atoms in total. The lowest BCUT2D eigenvalue weighted by atomic mass is 10.1. The third-order valence-electron chi connectivity index (χ3n) is 13.5.